The lowest BCUT2D eigenvalue weighted by Gasteiger charge is -2.17. The molecule has 0 unspecified atom stereocenters. The zero-order valence-corrected chi connectivity index (χ0v) is 20.7. The van der Waals surface area contributed by atoms with E-state index in [-0.39, 0.29) is 12.5 Å². The third kappa shape index (κ3) is 6.06. The summed E-state index contributed by atoms with van der Waals surface area (Å²) in [4.78, 5) is 25.9. The minimum Gasteiger partial charge on any atom is -0.480 e. The molecule has 1 aliphatic heterocycles. The minimum absolute atomic E-state index is 0.150. The lowest BCUT2D eigenvalue weighted by molar-refractivity contribution is -0.142. The molecule has 2 aromatic carbocycles. The van der Waals surface area contributed by atoms with Crippen LogP contribution in [0.5, 0.6) is 5.75 Å². The third-order valence-corrected chi connectivity index (χ3v) is 6.17. The lowest BCUT2D eigenvalue weighted by atomic mass is 10.2. The molecule has 0 radical (unpaired) electrons. The Kier molecular flexibility index (Phi) is 8.31. The third-order valence-electron chi connectivity index (χ3n) is 4.56. The zero-order valence-electron chi connectivity index (χ0n) is 16.4. The second-order valence-corrected chi connectivity index (χ2v) is 8.94. The Hall–Kier alpha value is -1.89. The lowest BCUT2D eigenvalue weighted by Crippen LogP contribution is -2.19. The number of hydrogen-bond donors (Lipinski definition) is 1. The van der Waals surface area contributed by atoms with Crippen molar-refractivity contribution in [2.45, 2.75) is 12.8 Å². The minimum atomic E-state index is -0.441. The van der Waals surface area contributed by atoms with Crippen molar-refractivity contribution in [1.82, 2.24) is 5.43 Å². The molecule has 1 N–H and O–H groups in total. The first-order valence-electron chi connectivity index (χ1n) is 9.35. The highest BCUT2D eigenvalue weighted by Crippen LogP contribution is 2.28. The molecule has 0 atom stereocenters. The van der Waals surface area contributed by atoms with Crippen LogP contribution >= 0.6 is 45.2 Å². The summed E-state index contributed by atoms with van der Waals surface area (Å²) in [5.41, 5.74) is 5.07. The van der Waals surface area contributed by atoms with Gasteiger partial charge in [0.15, 0.2) is 6.61 Å². The second-order valence-electron chi connectivity index (χ2n) is 6.62. The number of halogens is 2. The molecule has 2 aromatic rings. The fourth-order valence-corrected chi connectivity index (χ4v) is 5.14. The fraction of sp³-hybridized carbons (Fsp3) is 0.286. The standard InChI is InChI=1S/C21H21I2N3O4/c1-29-19(27)13-30-20-17(22)10-14(11-18(20)23)12-24-25-21(28)15-4-6-16(7-5-15)26-8-2-3-9-26/h4-7,10-12H,2-3,8-9,13H2,1H3,(H,25,28)/b24-12-. The Balaban J connectivity index is 1.59. The van der Waals surface area contributed by atoms with Gasteiger partial charge in [-0.25, -0.2) is 10.2 Å². The van der Waals surface area contributed by atoms with E-state index in [1.807, 2.05) is 36.4 Å². The predicted octanol–water partition coefficient (Wildman–Crippen LogP) is 3.81. The first-order chi connectivity index (χ1) is 14.5. The molecule has 1 saturated heterocycles. The van der Waals surface area contributed by atoms with Crippen LogP contribution in [-0.4, -0.2) is 44.9 Å². The largest absolute Gasteiger partial charge is 0.480 e. The molecular formula is C21H21I2N3O4. The van der Waals surface area contributed by atoms with Crippen LogP contribution in [0.15, 0.2) is 41.5 Å². The van der Waals surface area contributed by atoms with Gasteiger partial charge in [-0.2, -0.15) is 5.10 Å². The summed E-state index contributed by atoms with van der Waals surface area (Å²) in [6.07, 6.45) is 4.01. The van der Waals surface area contributed by atoms with E-state index in [1.165, 1.54) is 20.0 Å². The molecule has 7 nitrogen and oxygen atoms in total. The van der Waals surface area contributed by atoms with Crippen molar-refractivity contribution >= 4 is 69.0 Å². The maximum Gasteiger partial charge on any atom is 0.343 e. The Morgan fingerprint density at radius 3 is 2.37 bits per heavy atom. The summed E-state index contributed by atoms with van der Waals surface area (Å²) in [6.45, 7) is 1.99. The molecular weight excluding hydrogens is 612 g/mol. The van der Waals surface area contributed by atoms with Gasteiger partial charge in [-0.3, -0.25) is 4.79 Å². The van der Waals surface area contributed by atoms with Gasteiger partial charge in [-0.15, -0.1) is 0 Å². The molecule has 30 heavy (non-hydrogen) atoms. The molecule has 9 heteroatoms. The molecule has 0 spiro atoms. The molecule has 0 aliphatic carbocycles. The maximum atomic E-state index is 12.3. The number of carbonyl (C=O) groups is 2. The van der Waals surface area contributed by atoms with Gasteiger partial charge in [0.1, 0.15) is 5.75 Å². The molecule has 1 fully saturated rings. The number of rotatable bonds is 7. The van der Waals surface area contributed by atoms with E-state index in [2.05, 4.69) is 65.3 Å². The Labute approximate surface area is 202 Å². The summed E-state index contributed by atoms with van der Waals surface area (Å²) in [5, 5.41) is 4.06. The van der Waals surface area contributed by atoms with Crippen LogP contribution in [0.4, 0.5) is 5.69 Å². The number of esters is 1. The summed E-state index contributed by atoms with van der Waals surface area (Å²) in [6, 6.07) is 11.3. The molecule has 0 saturated carbocycles. The highest BCUT2D eigenvalue weighted by atomic mass is 127. The van der Waals surface area contributed by atoms with E-state index in [0.29, 0.717) is 11.3 Å². The van der Waals surface area contributed by atoms with E-state index in [0.717, 1.165) is 31.5 Å². The second kappa shape index (κ2) is 10.9. The van der Waals surface area contributed by atoms with Crippen molar-refractivity contribution in [3.63, 3.8) is 0 Å². The monoisotopic (exact) mass is 633 g/mol. The number of hydrogen-bond acceptors (Lipinski definition) is 6. The zero-order chi connectivity index (χ0) is 21.5. The van der Waals surface area contributed by atoms with Crippen LogP contribution in [-0.2, 0) is 9.53 Å². The molecule has 0 aromatic heterocycles. The fourth-order valence-electron chi connectivity index (χ4n) is 3.01. The van der Waals surface area contributed by atoms with Gasteiger partial charge < -0.3 is 14.4 Å². The summed E-state index contributed by atoms with van der Waals surface area (Å²) in [7, 11) is 1.32. The first kappa shape index (κ1) is 22.8. The SMILES string of the molecule is COC(=O)COc1c(I)cc(/C=N\NC(=O)c2ccc(N3CCCC3)cc2)cc1I. The molecule has 158 valence electrons. The first-order valence-corrected chi connectivity index (χ1v) is 11.5. The molecule has 1 amide bonds. The average Bonchev–Trinajstić information content (AvgIpc) is 3.28. The normalized spacial score (nSPS) is 13.5. The summed E-state index contributed by atoms with van der Waals surface area (Å²) >= 11 is 4.26. The van der Waals surface area contributed by atoms with Crippen molar-refractivity contribution in [3.8, 4) is 5.75 Å². The molecule has 1 heterocycles. The Morgan fingerprint density at radius 2 is 1.77 bits per heavy atom. The van der Waals surface area contributed by atoms with Gasteiger partial charge in [0.25, 0.3) is 5.91 Å². The van der Waals surface area contributed by atoms with Crippen molar-refractivity contribution in [3.05, 3.63) is 54.7 Å². The number of nitrogens with one attached hydrogen (secondary N) is 1. The van der Waals surface area contributed by atoms with E-state index in [4.69, 9.17) is 4.74 Å². The van der Waals surface area contributed by atoms with Crippen LogP contribution < -0.4 is 15.1 Å². The van der Waals surface area contributed by atoms with E-state index >= 15 is 0 Å². The molecule has 0 bridgehead atoms. The van der Waals surface area contributed by atoms with Crippen LogP contribution in [0.1, 0.15) is 28.8 Å². The van der Waals surface area contributed by atoms with Gasteiger partial charge in [0.05, 0.1) is 20.5 Å². The number of methoxy groups -OCH3 is 1. The summed E-state index contributed by atoms with van der Waals surface area (Å²) < 4.78 is 11.8. The number of benzene rings is 2. The number of carbonyl (C=O) groups excluding carboxylic acids is 2. The Bertz CT molecular complexity index is 919. The summed E-state index contributed by atoms with van der Waals surface area (Å²) in [5.74, 6) is -0.0917. The van der Waals surface area contributed by atoms with Gasteiger partial charge >= 0.3 is 5.97 Å². The van der Waals surface area contributed by atoms with E-state index in [9.17, 15) is 9.59 Å². The van der Waals surface area contributed by atoms with Crippen molar-refractivity contribution < 1.29 is 19.1 Å². The van der Waals surface area contributed by atoms with Crippen molar-refractivity contribution in [1.29, 1.82) is 0 Å². The van der Waals surface area contributed by atoms with Gasteiger partial charge in [-0.05, 0) is 100.0 Å². The van der Waals surface area contributed by atoms with Crippen LogP contribution in [0.2, 0.25) is 0 Å². The highest BCUT2D eigenvalue weighted by Gasteiger charge is 2.13. The van der Waals surface area contributed by atoms with Crippen molar-refractivity contribution in [2.75, 3.05) is 31.7 Å². The van der Waals surface area contributed by atoms with Gasteiger partial charge in [0, 0.05) is 24.3 Å². The van der Waals surface area contributed by atoms with E-state index in [1.54, 1.807) is 6.21 Å². The quantitative estimate of drug-likeness (QED) is 0.217. The van der Waals surface area contributed by atoms with Crippen molar-refractivity contribution in [2.24, 2.45) is 5.10 Å². The highest BCUT2D eigenvalue weighted by molar-refractivity contribution is 14.1. The predicted molar refractivity (Wildman–Crippen MR) is 132 cm³/mol. The van der Waals surface area contributed by atoms with E-state index < -0.39 is 5.97 Å². The number of hydrazone groups is 1. The van der Waals surface area contributed by atoms with Gasteiger partial charge in [-0.1, -0.05) is 0 Å². The smallest absolute Gasteiger partial charge is 0.343 e. The Morgan fingerprint density at radius 1 is 1.13 bits per heavy atom. The number of anilines is 1. The molecule has 1 aliphatic rings. The number of amides is 1. The van der Waals surface area contributed by atoms with Crippen LogP contribution in [0, 0.1) is 7.14 Å². The number of ether oxygens (including phenoxy) is 2. The topological polar surface area (TPSA) is 80.2 Å². The maximum absolute atomic E-state index is 12.3. The van der Waals surface area contributed by atoms with Gasteiger partial charge in [0.2, 0.25) is 0 Å². The van der Waals surface area contributed by atoms with Crippen LogP contribution in [0.3, 0.4) is 0 Å². The average molecular weight is 633 g/mol. The number of nitrogens with zero attached hydrogens (tertiary/aromatic N) is 2. The van der Waals surface area contributed by atoms with Crippen LogP contribution in [0.25, 0.3) is 0 Å². The molecule has 3 rings (SSSR count).